The molecule has 11 nitrogen and oxygen atoms in total. The van der Waals surface area contributed by atoms with Crippen molar-refractivity contribution in [2.75, 3.05) is 39.0 Å². The van der Waals surface area contributed by atoms with Crippen LogP contribution in [0.2, 0.25) is 0 Å². The lowest BCUT2D eigenvalue weighted by molar-refractivity contribution is -0.134. The number of piperazine rings is 1. The van der Waals surface area contributed by atoms with E-state index < -0.39 is 61.6 Å². The molecule has 2 unspecified atom stereocenters. The lowest BCUT2D eigenvalue weighted by Crippen LogP contribution is -2.59. The highest BCUT2D eigenvalue weighted by Crippen LogP contribution is 2.28. The summed E-state index contributed by atoms with van der Waals surface area (Å²) in [6.45, 7) is -1.67. The fourth-order valence-corrected chi connectivity index (χ4v) is 6.84. The van der Waals surface area contributed by atoms with Gasteiger partial charge in [-0.25, -0.2) is 16.8 Å². The summed E-state index contributed by atoms with van der Waals surface area (Å²) in [5.74, 6) is -3.02. The first-order valence-electron chi connectivity index (χ1n) is 11.0. The molecule has 0 radical (unpaired) electrons. The summed E-state index contributed by atoms with van der Waals surface area (Å²) in [6.07, 6.45) is 0.296. The predicted molar refractivity (Wildman–Crippen MR) is 126 cm³/mol. The molecule has 202 valence electrons. The van der Waals surface area contributed by atoms with Crippen molar-refractivity contribution in [1.29, 1.82) is 0 Å². The van der Waals surface area contributed by atoms with E-state index in [2.05, 4.69) is 10.1 Å². The average Bonchev–Trinajstić information content (AvgIpc) is 2.79. The smallest absolute Gasteiger partial charge is 0.387 e. The third kappa shape index (κ3) is 8.01. The Morgan fingerprint density at radius 3 is 2.25 bits per heavy atom. The fourth-order valence-electron chi connectivity index (χ4n) is 4.03. The van der Waals surface area contributed by atoms with Crippen LogP contribution in [0.15, 0.2) is 24.3 Å². The van der Waals surface area contributed by atoms with E-state index in [0.717, 1.165) is 16.6 Å². The normalized spacial score (nSPS) is 17.4. The third-order valence-corrected chi connectivity index (χ3v) is 9.03. The van der Waals surface area contributed by atoms with Gasteiger partial charge in [-0.3, -0.25) is 19.3 Å². The number of alkyl halides is 2. The maximum absolute atomic E-state index is 13.6. The Hall–Kier alpha value is -2.49. The zero-order chi connectivity index (χ0) is 27.1. The maximum Gasteiger partial charge on any atom is 0.387 e. The maximum atomic E-state index is 13.6. The minimum absolute atomic E-state index is 0.0400. The molecule has 1 aliphatic rings. The molecule has 1 amide bonds. The highest BCUT2D eigenvalue weighted by Gasteiger charge is 2.44. The molecular weight excluding hydrogens is 524 g/mol. The number of rotatable bonds is 13. The first kappa shape index (κ1) is 29.7. The van der Waals surface area contributed by atoms with Crippen LogP contribution in [-0.2, 0) is 40.0 Å². The van der Waals surface area contributed by atoms with Gasteiger partial charge in [-0.2, -0.15) is 13.1 Å². The fraction of sp³-hybridized carbons (Fsp3) is 0.571. The lowest BCUT2D eigenvalue weighted by Gasteiger charge is -2.39. The number of ether oxygens (including phenoxy) is 1. The van der Waals surface area contributed by atoms with Crippen LogP contribution in [0.3, 0.4) is 0 Å². The Balaban J connectivity index is 2.47. The van der Waals surface area contributed by atoms with Crippen LogP contribution in [-0.4, -0.2) is 101 Å². The van der Waals surface area contributed by atoms with Crippen molar-refractivity contribution < 1.29 is 44.7 Å². The second kappa shape index (κ2) is 12.7. The van der Waals surface area contributed by atoms with Crippen molar-refractivity contribution in [3.63, 3.8) is 0 Å². The number of carbonyl (C=O) groups is 3. The van der Waals surface area contributed by atoms with Crippen LogP contribution >= 0.6 is 0 Å². The van der Waals surface area contributed by atoms with Gasteiger partial charge in [0.25, 0.3) is 0 Å². The van der Waals surface area contributed by atoms with E-state index in [1.165, 1.54) is 23.1 Å². The standard InChI is InChI=1S/C21H29F2N3O8S2/c1-3-24-19(29)12-18(36(32,33)14-15-6-4-5-7-17(15)34-21(22)23)20(16(28)13-27)25-8-10-26(11-9-25)35(2,30)31/h4-7,13,18,20-21H,3,8-12,14H2,1-2H3,(H,24,29). The molecule has 1 aliphatic heterocycles. The lowest BCUT2D eigenvalue weighted by atomic mass is 10.0. The van der Waals surface area contributed by atoms with E-state index in [9.17, 15) is 40.0 Å². The van der Waals surface area contributed by atoms with E-state index in [-0.39, 0.29) is 50.3 Å². The summed E-state index contributed by atoms with van der Waals surface area (Å²) in [4.78, 5) is 38.0. The molecule has 1 N–H and O–H groups in total. The Labute approximate surface area is 208 Å². The quantitative estimate of drug-likeness (QED) is 0.259. The zero-order valence-electron chi connectivity index (χ0n) is 19.8. The minimum Gasteiger partial charge on any atom is -0.435 e. The number of hydrogen-bond donors (Lipinski definition) is 1. The summed E-state index contributed by atoms with van der Waals surface area (Å²) in [7, 11) is -7.97. The summed E-state index contributed by atoms with van der Waals surface area (Å²) in [5, 5.41) is 0.742. The number of ketones is 1. The molecule has 1 aromatic rings. The Kier molecular flexibility index (Phi) is 10.5. The highest BCUT2D eigenvalue weighted by atomic mass is 32.2. The van der Waals surface area contributed by atoms with E-state index in [1.54, 1.807) is 6.92 Å². The molecule has 2 atom stereocenters. The Bertz CT molecular complexity index is 1150. The number of aldehydes is 1. The van der Waals surface area contributed by atoms with Gasteiger partial charge in [0.05, 0.1) is 23.3 Å². The van der Waals surface area contributed by atoms with Crippen molar-refractivity contribution in [1.82, 2.24) is 14.5 Å². The second-order valence-corrected chi connectivity index (χ2v) is 12.4. The molecule has 2 rings (SSSR count). The largest absolute Gasteiger partial charge is 0.435 e. The van der Waals surface area contributed by atoms with E-state index in [0.29, 0.717) is 0 Å². The molecule has 0 saturated carbocycles. The highest BCUT2D eigenvalue weighted by molar-refractivity contribution is 7.91. The SMILES string of the molecule is CCNC(=O)CC(C(C(=O)C=O)N1CCN(S(C)(=O)=O)CC1)S(=O)(=O)Cc1ccccc1OC(F)F. The van der Waals surface area contributed by atoms with Crippen LogP contribution in [0.5, 0.6) is 5.75 Å². The van der Waals surface area contributed by atoms with Gasteiger partial charge in [0.1, 0.15) is 5.75 Å². The molecule has 36 heavy (non-hydrogen) atoms. The van der Waals surface area contributed by atoms with Gasteiger partial charge in [0, 0.05) is 44.7 Å². The average molecular weight is 554 g/mol. The number of hydrogen-bond acceptors (Lipinski definition) is 9. The third-order valence-electron chi connectivity index (χ3n) is 5.66. The molecule has 0 spiro atoms. The number of amides is 1. The number of Topliss-reactive ketones (excluding diaryl/α,β-unsaturated/α-hetero) is 1. The van der Waals surface area contributed by atoms with Gasteiger partial charge < -0.3 is 10.1 Å². The number of nitrogens with zero attached hydrogens (tertiary/aromatic N) is 2. The first-order valence-corrected chi connectivity index (χ1v) is 14.6. The van der Waals surface area contributed by atoms with Gasteiger partial charge in [-0.1, -0.05) is 18.2 Å². The van der Waals surface area contributed by atoms with Crippen LogP contribution in [0.4, 0.5) is 8.78 Å². The molecule has 0 bridgehead atoms. The number of sulfone groups is 1. The number of sulfonamides is 1. The Morgan fingerprint density at radius 2 is 1.72 bits per heavy atom. The molecule has 15 heteroatoms. The van der Waals surface area contributed by atoms with Crippen molar-refractivity contribution in [3.8, 4) is 5.75 Å². The monoisotopic (exact) mass is 553 g/mol. The number of carbonyl (C=O) groups excluding carboxylic acids is 3. The van der Waals surface area contributed by atoms with E-state index in [4.69, 9.17) is 0 Å². The van der Waals surface area contributed by atoms with Crippen molar-refractivity contribution in [2.45, 2.75) is 37.0 Å². The van der Waals surface area contributed by atoms with Gasteiger partial charge >= 0.3 is 6.61 Å². The van der Waals surface area contributed by atoms with E-state index in [1.807, 2.05) is 0 Å². The summed E-state index contributed by atoms with van der Waals surface area (Å²) in [5.41, 5.74) is -0.113. The van der Waals surface area contributed by atoms with Gasteiger partial charge in [-0.15, -0.1) is 0 Å². The number of benzene rings is 1. The topological polar surface area (TPSA) is 147 Å². The molecule has 1 aromatic carbocycles. The summed E-state index contributed by atoms with van der Waals surface area (Å²) in [6, 6.07) is 3.63. The van der Waals surface area contributed by atoms with E-state index >= 15 is 0 Å². The molecule has 1 heterocycles. The summed E-state index contributed by atoms with van der Waals surface area (Å²) < 4.78 is 82.1. The second-order valence-electron chi connectivity index (χ2n) is 8.15. The molecule has 1 fully saturated rings. The predicted octanol–water partition coefficient (Wildman–Crippen LogP) is -0.189. The molecular formula is C21H29F2N3O8S2. The molecule has 0 aromatic heterocycles. The number of halogens is 2. The van der Waals surface area contributed by atoms with Gasteiger partial charge in [-0.05, 0) is 13.0 Å². The Morgan fingerprint density at radius 1 is 1.11 bits per heavy atom. The van der Waals surface area contributed by atoms with Crippen LogP contribution in [0, 0.1) is 0 Å². The molecule has 1 saturated heterocycles. The van der Waals surface area contributed by atoms with Crippen molar-refractivity contribution in [2.24, 2.45) is 0 Å². The van der Waals surface area contributed by atoms with Crippen LogP contribution in [0.25, 0.3) is 0 Å². The van der Waals surface area contributed by atoms with Crippen molar-refractivity contribution >= 4 is 37.8 Å². The van der Waals surface area contributed by atoms with Crippen LogP contribution < -0.4 is 10.1 Å². The number of nitrogens with one attached hydrogen (secondary N) is 1. The zero-order valence-corrected chi connectivity index (χ0v) is 21.4. The first-order chi connectivity index (χ1) is 16.8. The number of para-hydroxylation sites is 1. The van der Waals surface area contributed by atoms with Crippen molar-refractivity contribution in [3.05, 3.63) is 29.8 Å². The minimum atomic E-state index is -4.43. The van der Waals surface area contributed by atoms with Gasteiger partial charge in [0.15, 0.2) is 16.1 Å². The molecule has 0 aliphatic carbocycles. The van der Waals surface area contributed by atoms with Crippen LogP contribution in [0.1, 0.15) is 18.9 Å². The summed E-state index contributed by atoms with van der Waals surface area (Å²) >= 11 is 0. The van der Waals surface area contributed by atoms with Gasteiger partial charge in [0.2, 0.25) is 21.7 Å².